The van der Waals surface area contributed by atoms with Gasteiger partial charge in [0, 0.05) is 6.20 Å². The number of carbonyl (C=O) groups excluding carboxylic acids is 1. The quantitative estimate of drug-likeness (QED) is 0.428. The summed E-state index contributed by atoms with van der Waals surface area (Å²) in [5.41, 5.74) is 1.13. The van der Waals surface area contributed by atoms with Crippen LogP contribution in [-0.4, -0.2) is 11.1 Å². The molecule has 4 heteroatoms. The molecular formula is C10H11ClN2O. The Bertz CT molecular complexity index is 395. The molecule has 1 rings (SSSR count). The number of aryl methyl sites for hydroxylation is 1. The van der Waals surface area contributed by atoms with Gasteiger partial charge in [-0.25, -0.2) is 9.78 Å². The summed E-state index contributed by atoms with van der Waals surface area (Å²) in [7, 11) is 0. The molecule has 0 aliphatic carbocycles. The predicted molar refractivity (Wildman–Crippen MR) is 55.1 cm³/mol. The zero-order valence-corrected chi connectivity index (χ0v) is 9.09. The van der Waals surface area contributed by atoms with Crippen LogP contribution in [0, 0.1) is 6.92 Å². The molecular weight excluding hydrogens is 200 g/mol. The van der Waals surface area contributed by atoms with Gasteiger partial charge in [0.15, 0.2) is 0 Å². The van der Waals surface area contributed by atoms with E-state index in [2.05, 4.69) is 9.98 Å². The molecule has 0 saturated heterocycles. The van der Waals surface area contributed by atoms with Gasteiger partial charge in [0.25, 0.3) is 0 Å². The number of nitrogens with zero attached hydrogens (tertiary/aromatic N) is 2. The van der Waals surface area contributed by atoms with Gasteiger partial charge in [-0.15, -0.1) is 0 Å². The Hall–Kier alpha value is -1.18. The topological polar surface area (TPSA) is 42.3 Å². The highest BCUT2D eigenvalue weighted by atomic mass is 35.5. The van der Waals surface area contributed by atoms with Gasteiger partial charge in [-0.3, -0.25) is 0 Å². The van der Waals surface area contributed by atoms with E-state index in [1.54, 1.807) is 12.3 Å². The molecule has 0 atom stereocenters. The Labute approximate surface area is 87.8 Å². The first-order valence-corrected chi connectivity index (χ1v) is 4.57. The van der Waals surface area contributed by atoms with Gasteiger partial charge in [-0.1, -0.05) is 11.6 Å². The minimum absolute atomic E-state index is 0.472. The molecule has 0 bridgehead atoms. The molecule has 1 heterocycles. The van der Waals surface area contributed by atoms with Gasteiger partial charge in [-0.05, 0) is 38.0 Å². The van der Waals surface area contributed by atoms with Crippen molar-refractivity contribution in [2.24, 2.45) is 4.99 Å². The number of pyridine rings is 1. The van der Waals surface area contributed by atoms with E-state index in [0.29, 0.717) is 5.15 Å². The molecule has 14 heavy (non-hydrogen) atoms. The maximum absolute atomic E-state index is 10.2. The molecule has 0 saturated carbocycles. The van der Waals surface area contributed by atoms with Crippen LogP contribution in [0.1, 0.15) is 25.0 Å². The first-order chi connectivity index (χ1) is 6.47. The first-order valence-electron chi connectivity index (χ1n) is 4.19. The lowest BCUT2D eigenvalue weighted by Crippen LogP contribution is -2.14. The number of halogens is 1. The Balaban J connectivity index is 3.20. The smallest absolute Gasteiger partial charge is 0.235 e. The molecule has 0 fully saturated rings. The third-order valence-corrected chi connectivity index (χ3v) is 2.44. The normalized spacial score (nSPS) is 10.9. The van der Waals surface area contributed by atoms with E-state index >= 15 is 0 Å². The van der Waals surface area contributed by atoms with Crippen LogP contribution in [-0.2, 0) is 10.3 Å². The van der Waals surface area contributed by atoms with Crippen LogP contribution in [0.25, 0.3) is 0 Å². The number of isocyanates is 1. The van der Waals surface area contributed by atoms with Crippen molar-refractivity contribution in [2.75, 3.05) is 0 Å². The van der Waals surface area contributed by atoms with Crippen LogP contribution in [0.3, 0.4) is 0 Å². The van der Waals surface area contributed by atoms with Gasteiger partial charge >= 0.3 is 0 Å². The van der Waals surface area contributed by atoms with Gasteiger partial charge in [-0.2, -0.15) is 4.99 Å². The van der Waals surface area contributed by atoms with E-state index in [1.165, 1.54) is 0 Å². The number of aliphatic imine (C=N–C) groups is 1. The second-order valence-corrected chi connectivity index (χ2v) is 3.95. The summed E-state index contributed by atoms with van der Waals surface area (Å²) >= 11 is 5.79. The molecule has 0 radical (unpaired) electrons. The molecule has 1 aromatic rings. The standard InChI is InChI=1S/C10H11ClN2O/c1-7-4-8(5-12-9(7)11)10(2,3)13-6-14/h4-5H,1-3H3. The molecule has 0 amide bonds. The fraction of sp³-hybridized carbons (Fsp3) is 0.400. The fourth-order valence-electron chi connectivity index (χ4n) is 1.07. The van der Waals surface area contributed by atoms with E-state index < -0.39 is 5.54 Å². The van der Waals surface area contributed by atoms with Crippen molar-refractivity contribution >= 4 is 17.7 Å². The SMILES string of the molecule is Cc1cc(C(C)(C)N=C=O)cnc1Cl. The lowest BCUT2D eigenvalue weighted by Gasteiger charge is -2.17. The summed E-state index contributed by atoms with van der Waals surface area (Å²) in [5, 5.41) is 0.472. The summed E-state index contributed by atoms with van der Waals surface area (Å²) < 4.78 is 0. The summed E-state index contributed by atoms with van der Waals surface area (Å²) in [6.07, 6.45) is 3.18. The van der Waals surface area contributed by atoms with Crippen LogP contribution < -0.4 is 0 Å². The van der Waals surface area contributed by atoms with Crippen LogP contribution >= 0.6 is 11.6 Å². The largest absolute Gasteiger partial charge is 0.244 e. The molecule has 3 nitrogen and oxygen atoms in total. The van der Waals surface area contributed by atoms with Crippen molar-refractivity contribution in [3.63, 3.8) is 0 Å². The second kappa shape index (κ2) is 3.91. The van der Waals surface area contributed by atoms with Crippen LogP contribution in [0.5, 0.6) is 0 Å². The van der Waals surface area contributed by atoms with Gasteiger partial charge in [0.05, 0.1) is 5.54 Å². The first kappa shape index (κ1) is 10.9. The van der Waals surface area contributed by atoms with Gasteiger partial charge in [0.2, 0.25) is 6.08 Å². The van der Waals surface area contributed by atoms with Crippen LogP contribution in [0.2, 0.25) is 5.15 Å². The highest BCUT2D eigenvalue weighted by molar-refractivity contribution is 6.30. The summed E-state index contributed by atoms with van der Waals surface area (Å²) in [4.78, 5) is 17.9. The average molecular weight is 211 g/mol. The molecule has 0 spiro atoms. The third kappa shape index (κ3) is 2.19. The highest BCUT2D eigenvalue weighted by Crippen LogP contribution is 2.25. The molecule has 0 aliphatic rings. The van der Waals surface area contributed by atoms with Crippen molar-refractivity contribution in [3.8, 4) is 0 Å². The third-order valence-electron chi connectivity index (χ3n) is 2.05. The monoisotopic (exact) mass is 210 g/mol. The molecule has 0 aromatic carbocycles. The van der Waals surface area contributed by atoms with E-state index in [1.807, 2.05) is 26.8 Å². The van der Waals surface area contributed by atoms with E-state index in [-0.39, 0.29) is 0 Å². The molecule has 0 aliphatic heterocycles. The van der Waals surface area contributed by atoms with Crippen molar-refractivity contribution < 1.29 is 4.79 Å². The lowest BCUT2D eigenvalue weighted by molar-refractivity contribution is 0.521. The fourth-order valence-corrected chi connectivity index (χ4v) is 1.17. The van der Waals surface area contributed by atoms with Crippen molar-refractivity contribution in [1.29, 1.82) is 0 Å². The Kier molecular flexibility index (Phi) is 3.04. The Morgan fingerprint density at radius 1 is 1.57 bits per heavy atom. The molecule has 74 valence electrons. The lowest BCUT2D eigenvalue weighted by atomic mass is 9.96. The minimum atomic E-state index is -0.593. The molecule has 0 unspecified atom stereocenters. The maximum Gasteiger partial charge on any atom is 0.235 e. The van der Waals surface area contributed by atoms with Crippen LogP contribution in [0.15, 0.2) is 17.3 Å². The van der Waals surface area contributed by atoms with Crippen molar-refractivity contribution in [1.82, 2.24) is 4.98 Å². The zero-order chi connectivity index (χ0) is 10.8. The van der Waals surface area contributed by atoms with Gasteiger partial charge in [0.1, 0.15) is 5.15 Å². The number of hydrogen-bond donors (Lipinski definition) is 0. The summed E-state index contributed by atoms with van der Waals surface area (Å²) in [6, 6.07) is 1.87. The maximum atomic E-state index is 10.2. The second-order valence-electron chi connectivity index (χ2n) is 3.59. The van der Waals surface area contributed by atoms with E-state index in [9.17, 15) is 4.79 Å². The van der Waals surface area contributed by atoms with Crippen molar-refractivity contribution in [3.05, 3.63) is 28.5 Å². The Morgan fingerprint density at radius 3 is 2.71 bits per heavy atom. The predicted octanol–water partition coefficient (Wildman–Crippen LogP) is 2.61. The van der Waals surface area contributed by atoms with E-state index in [4.69, 9.17) is 11.6 Å². The number of hydrogen-bond acceptors (Lipinski definition) is 3. The zero-order valence-electron chi connectivity index (χ0n) is 8.34. The van der Waals surface area contributed by atoms with Crippen molar-refractivity contribution in [2.45, 2.75) is 26.3 Å². The molecule has 1 aromatic heterocycles. The van der Waals surface area contributed by atoms with Crippen LogP contribution in [0.4, 0.5) is 0 Å². The number of aromatic nitrogens is 1. The van der Waals surface area contributed by atoms with Gasteiger partial charge < -0.3 is 0 Å². The molecule has 0 N–H and O–H groups in total. The summed E-state index contributed by atoms with van der Waals surface area (Å²) in [5.74, 6) is 0. The summed E-state index contributed by atoms with van der Waals surface area (Å²) in [6.45, 7) is 5.50. The highest BCUT2D eigenvalue weighted by Gasteiger charge is 2.20. The average Bonchev–Trinajstić information content (AvgIpc) is 2.09. The minimum Gasteiger partial charge on any atom is -0.244 e. The Morgan fingerprint density at radius 2 is 2.21 bits per heavy atom. The van der Waals surface area contributed by atoms with E-state index in [0.717, 1.165) is 11.1 Å². The number of rotatable bonds is 2.